The minimum atomic E-state index is -0.123. The molecule has 0 spiro atoms. The van der Waals surface area contributed by atoms with Crippen molar-refractivity contribution in [3.63, 3.8) is 0 Å². The van der Waals surface area contributed by atoms with Crippen molar-refractivity contribution in [1.29, 1.82) is 10.8 Å². The molecule has 1 amide bonds. The lowest BCUT2D eigenvalue weighted by atomic mass is 10.2. The van der Waals surface area contributed by atoms with Gasteiger partial charge in [-0.1, -0.05) is 0 Å². The van der Waals surface area contributed by atoms with Crippen LogP contribution in [0.4, 0.5) is 5.69 Å². The van der Waals surface area contributed by atoms with Crippen LogP contribution in [0.3, 0.4) is 0 Å². The van der Waals surface area contributed by atoms with E-state index >= 15 is 0 Å². The van der Waals surface area contributed by atoms with Gasteiger partial charge in [0.1, 0.15) is 6.26 Å². The summed E-state index contributed by atoms with van der Waals surface area (Å²) >= 11 is 0. The van der Waals surface area contributed by atoms with Crippen LogP contribution in [0.25, 0.3) is 0 Å². The molecule has 9 heteroatoms. The number of nitrogens with one attached hydrogen (secondary N) is 2. The first kappa shape index (κ1) is 20.2. The van der Waals surface area contributed by atoms with Gasteiger partial charge in [-0.05, 0) is 25.5 Å². The molecule has 3 heterocycles. The third-order valence-electron chi connectivity index (χ3n) is 3.77. The Morgan fingerprint density at radius 3 is 2.85 bits per heavy atom. The molecule has 0 radical (unpaired) electrons. The van der Waals surface area contributed by atoms with Crippen LogP contribution in [-0.2, 0) is 11.2 Å². The van der Waals surface area contributed by atoms with E-state index in [4.69, 9.17) is 25.7 Å². The predicted octanol–water partition coefficient (Wildman–Crippen LogP) is 1.78. The van der Waals surface area contributed by atoms with Crippen molar-refractivity contribution in [3.8, 4) is 0 Å². The zero-order chi connectivity index (χ0) is 19.6. The topological polar surface area (TPSA) is 142 Å². The first-order valence-corrected chi connectivity index (χ1v) is 8.58. The van der Waals surface area contributed by atoms with Crippen LogP contribution < -0.4 is 5.73 Å². The quantitative estimate of drug-likeness (QED) is 0.698. The fraction of sp³-hybridized carbons (Fsp3) is 0.389. The largest absolute Gasteiger partial charge is 0.448 e. The Balaban J connectivity index is 0.000000596. The van der Waals surface area contributed by atoms with Gasteiger partial charge in [0, 0.05) is 37.8 Å². The summed E-state index contributed by atoms with van der Waals surface area (Å²) in [7, 11) is 0. The molecule has 3 rings (SSSR count). The van der Waals surface area contributed by atoms with Gasteiger partial charge in [0.05, 0.1) is 24.4 Å². The number of amides is 1. The molecule has 1 aliphatic heterocycles. The maximum absolute atomic E-state index is 12.5. The first-order chi connectivity index (χ1) is 13.0. The fourth-order valence-corrected chi connectivity index (χ4v) is 2.53. The van der Waals surface area contributed by atoms with E-state index in [0.717, 1.165) is 24.5 Å². The Bertz CT molecular complexity index is 753. The van der Waals surface area contributed by atoms with Crippen molar-refractivity contribution in [2.24, 2.45) is 0 Å². The van der Waals surface area contributed by atoms with E-state index in [1.807, 2.05) is 13.0 Å². The molecule has 27 heavy (non-hydrogen) atoms. The van der Waals surface area contributed by atoms with E-state index in [1.54, 1.807) is 17.2 Å². The molecule has 9 nitrogen and oxygen atoms in total. The van der Waals surface area contributed by atoms with Crippen LogP contribution in [0.1, 0.15) is 35.4 Å². The number of aromatic nitrogens is 2. The number of carbonyl (C=O) groups is 1. The highest BCUT2D eigenvalue weighted by molar-refractivity contribution is 6.12. The lowest BCUT2D eigenvalue weighted by molar-refractivity contribution is 0.0559. The number of pyridine rings is 1. The summed E-state index contributed by atoms with van der Waals surface area (Å²) in [6, 6.07) is 3.59. The van der Waals surface area contributed by atoms with Crippen LogP contribution in [0.2, 0.25) is 0 Å². The van der Waals surface area contributed by atoms with Crippen molar-refractivity contribution in [2.45, 2.75) is 25.9 Å². The zero-order valence-electron chi connectivity index (χ0n) is 15.2. The molecule has 0 aliphatic carbocycles. The van der Waals surface area contributed by atoms with Gasteiger partial charge >= 0.3 is 0 Å². The number of carbonyl (C=O) groups excluding carboxylic acids is 1. The van der Waals surface area contributed by atoms with Gasteiger partial charge in [-0.15, -0.1) is 0 Å². The second-order valence-electron chi connectivity index (χ2n) is 6.01. The van der Waals surface area contributed by atoms with E-state index in [2.05, 4.69) is 9.97 Å². The maximum Gasteiger partial charge on any atom is 0.275 e. The van der Waals surface area contributed by atoms with Crippen LogP contribution in [0.5, 0.6) is 0 Å². The van der Waals surface area contributed by atoms with E-state index < -0.39 is 0 Å². The normalized spacial score (nSPS) is 16.6. The Labute approximate surface area is 157 Å². The van der Waals surface area contributed by atoms with Gasteiger partial charge in [-0.25, -0.2) is 4.98 Å². The third-order valence-corrected chi connectivity index (χ3v) is 3.77. The molecule has 0 saturated carbocycles. The second kappa shape index (κ2) is 10.2. The van der Waals surface area contributed by atoms with Gasteiger partial charge in [-0.2, -0.15) is 0 Å². The molecule has 1 saturated heterocycles. The smallest absolute Gasteiger partial charge is 0.275 e. The lowest BCUT2D eigenvalue weighted by Gasteiger charge is -2.20. The lowest BCUT2D eigenvalue weighted by Crippen LogP contribution is -2.36. The zero-order valence-corrected chi connectivity index (χ0v) is 15.2. The number of oxazole rings is 1. The highest BCUT2D eigenvalue weighted by atomic mass is 16.5. The van der Waals surface area contributed by atoms with E-state index in [9.17, 15) is 4.79 Å². The minimum Gasteiger partial charge on any atom is -0.448 e. The molecule has 2 aromatic heterocycles. The summed E-state index contributed by atoms with van der Waals surface area (Å²) < 4.78 is 11.0. The highest BCUT2D eigenvalue weighted by Gasteiger charge is 2.23. The second-order valence-corrected chi connectivity index (χ2v) is 6.01. The summed E-state index contributed by atoms with van der Waals surface area (Å²) in [5.74, 6) is 0.340. The van der Waals surface area contributed by atoms with Crippen molar-refractivity contribution in [2.75, 3.05) is 25.4 Å². The predicted molar refractivity (Wildman–Crippen MR) is 101 cm³/mol. The standard InChI is InChI=1S/C16H20N4O3.C2H4N2/c1-11-9-20(5-2-6-22-11)16(21)14-10-23-15(19-14)7-13-4-3-12(17)8-18-13;3-1-2-4/h3-4,8,10-11H,2,5-7,9,17H2,1H3;1-4H/t11-;/m0./s1. The molecular formula is C18H24N6O3. The van der Waals surface area contributed by atoms with Gasteiger partial charge < -0.3 is 30.6 Å². The molecule has 1 atom stereocenters. The monoisotopic (exact) mass is 372 g/mol. The molecule has 0 bridgehead atoms. The van der Waals surface area contributed by atoms with Crippen molar-refractivity contribution in [1.82, 2.24) is 14.9 Å². The number of nitrogens with two attached hydrogens (primary N) is 1. The number of anilines is 1. The fourth-order valence-electron chi connectivity index (χ4n) is 2.53. The average molecular weight is 372 g/mol. The molecule has 1 fully saturated rings. The van der Waals surface area contributed by atoms with Gasteiger partial charge in [0.25, 0.3) is 5.91 Å². The number of ether oxygens (including phenoxy) is 1. The number of rotatable bonds is 4. The molecular weight excluding hydrogens is 348 g/mol. The Hall–Kier alpha value is -3.07. The molecule has 0 aromatic carbocycles. The van der Waals surface area contributed by atoms with E-state index in [0.29, 0.717) is 43.4 Å². The first-order valence-electron chi connectivity index (χ1n) is 8.58. The maximum atomic E-state index is 12.5. The molecule has 4 N–H and O–H groups in total. The van der Waals surface area contributed by atoms with Gasteiger partial charge in [-0.3, -0.25) is 9.78 Å². The summed E-state index contributed by atoms with van der Waals surface area (Å²) in [6.45, 7) is 3.88. The van der Waals surface area contributed by atoms with Gasteiger partial charge in [0.2, 0.25) is 5.89 Å². The molecule has 0 unspecified atom stereocenters. The Morgan fingerprint density at radius 1 is 1.41 bits per heavy atom. The summed E-state index contributed by atoms with van der Waals surface area (Å²) in [5.41, 5.74) is 7.33. The van der Waals surface area contributed by atoms with Gasteiger partial charge in [0.15, 0.2) is 5.69 Å². The third kappa shape index (κ3) is 6.30. The Morgan fingerprint density at radius 2 is 2.19 bits per heavy atom. The van der Waals surface area contributed by atoms with Crippen molar-refractivity contribution in [3.05, 3.63) is 41.9 Å². The number of nitrogen functional groups attached to an aromatic ring is 1. The SMILES string of the molecule is C[C@H]1CN(C(=O)c2coc(Cc3ccc(N)cn3)n2)CCCO1.N=CC=N. The number of nitrogens with zero attached hydrogens (tertiary/aromatic N) is 3. The summed E-state index contributed by atoms with van der Waals surface area (Å²) in [5, 5.41) is 12.2. The summed E-state index contributed by atoms with van der Waals surface area (Å²) in [4.78, 5) is 22.8. The molecule has 1 aliphatic rings. The number of hydrogen-bond donors (Lipinski definition) is 3. The van der Waals surface area contributed by atoms with Crippen LogP contribution in [-0.4, -0.2) is 59.0 Å². The van der Waals surface area contributed by atoms with Crippen molar-refractivity contribution >= 4 is 24.0 Å². The van der Waals surface area contributed by atoms with E-state index in [-0.39, 0.29) is 12.0 Å². The Kier molecular flexibility index (Phi) is 7.63. The average Bonchev–Trinajstić information content (AvgIpc) is 3.03. The molecule has 144 valence electrons. The van der Waals surface area contributed by atoms with E-state index in [1.165, 1.54) is 6.26 Å². The molecule has 2 aromatic rings. The highest BCUT2D eigenvalue weighted by Crippen LogP contribution is 2.13. The van der Waals surface area contributed by atoms with Crippen LogP contribution in [0, 0.1) is 10.8 Å². The summed E-state index contributed by atoms with van der Waals surface area (Å²) in [6.07, 6.45) is 6.11. The van der Waals surface area contributed by atoms with Crippen LogP contribution in [0.15, 0.2) is 29.0 Å². The van der Waals surface area contributed by atoms with Crippen LogP contribution >= 0.6 is 0 Å². The minimum absolute atomic E-state index is 0.0341. The number of hydrogen-bond acceptors (Lipinski definition) is 8. The van der Waals surface area contributed by atoms with Crippen molar-refractivity contribution < 1.29 is 13.9 Å².